The first-order valence-electron chi connectivity index (χ1n) is 4.93. The summed E-state index contributed by atoms with van der Waals surface area (Å²) in [5, 5.41) is 133. The van der Waals surface area contributed by atoms with Crippen LogP contribution in [0, 0.1) is 138 Å². The van der Waals surface area contributed by atoms with Gasteiger partial charge < -0.3 is 138 Å². The van der Waals surface area contributed by atoms with Crippen LogP contribution < -0.4 is 0 Å². The SMILES string of the molecule is O=[N+]([O-])[O-].O=[N+]([O-])[O-].O=[N+]([O-])[O-].O=[N+]([O-])[O-].O=[N+]([O-])[O-].O=[N+]([O-])[O-].O=[N+]([O-])[O-].O=[N+]([O-])[O-].O=[N+]([O-])[O-].[Si+4].[Ta+5]. The first kappa shape index (κ1) is 69.7. The molecule has 0 rings (SSSR count). The average Bonchev–Trinajstić information content (AvgIpc) is 2.39. The maximum Gasteiger partial charge on any atom is 5.00 e. The Morgan fingerprint density at radius 2 is 0.211 bits per heavy atom. The molecule has 0 spiro atoms. The van der Waals surface area contributed by atoms with E-state index in [0.29, 0.717) is 0 Å². The molecule has 36 nitrogen and oxygen atoms in total. The molecule has 0 aliphatic carbocycles. The molecule has 0 aromatic carbocycles. The van der Waals surface area contributed by atoms with E-state index in [4.69, 9.17) is 138 Å². The normalized spacial score (nSPS) is 5.68. The summed E-state index contributed by atoms with van der Waals surface area (Å²) in [7, 11) is 0. The third-order valence-electron chi connectivity index (χ3n) is 0. The molecule has 38 heavy (non-hydrogen) atoms. The van der Waals surface area contributed by atoms with Crippen molar-refractivity contribution in [2.75, 3.05) is 0 Å². The average molecular weight is 767 g/mol. The number of hydrogen-bond acceptors (Lipinski definition) is 27. The van der Waals surface area contributed by atoms with Crippen LogP contribution in [0.4, 0.5) is 0 Å². The van der Waals surface area contributed by atoms with E-state index in [-0.39, 0.29) is 33.3 Å². The summed E-state index contributed by atoms with van der Waals surface area (Å²) in [5.74, 6) is 0. The van der Waals surface area contributed by atoms with Gasteiger partial charge in [0, 0.05) is 0 Å². The van der Waals surface area contributed by atoms with Crippen molar-refractivity contribution >= 4 is 11.0 Å². The molecule has 0 heterocycles. The van der Waals surface area contributed by atoms with E-state index in [1.165, 1.54) is 0 Å². The molecule has 0 aliphatic rings. The van der Waals surface area contributed by atoms with Crippen LogP contribution in [-0.4, -0.2) is 56.7 Å². The van der Waals surface area contributed by atoms with Gasteiger partial charge in [0.1, 0.15) is 0 Å². The molecule has 38 heteroatoms. The van der Waals surface area contributed by atoms with Gasteiger partial charge in [-0.15, -0.1) is 0 Å². The number of nitrogens with zero attached hydrogens (tertiary/aromatic N) is 9. The minimum atomic E-state index is -1.75. The molecule has 0 fully saturated rings. The first-order valence-corrected chi connectivity index (χ1v) is 4.93. The Morgan fingerprint density at radius 3 is 0.211 bits per heavy atom. The van der Waals surface area contributed by atoms with E-state index in [1.54, 1.807) is 0 Å². The van der Waals surface area contributed by atoms with Crippen molar-refractivity contribution in [2.45, 2.75) is 0 Å². The molecule has 0 radical (unpaired) electrons. The molecule has 0 N–H and O–H groups in total. The van der Waals surface area contributed by atoms with E-state index in [1.807, 2.05) is 0 Å². The van der Waals surface area contributed by atoms with E-state index < -0.39 is 45.8 Å². The Labute approximate surface area is 217 Å². The fraction of sp³-hybridized carbons (Fsp3) is 0. The van der Waals surface area contributed by atoms with Crippen LogP contribution >= 0.6 is 0 Å². The zero-order valence-electron chi connectivity index (χ0n) is 16.0. The van der Waals surface area contributed by atoms with Crippen LogP contribution in [0.2, 0.25) is 0 Å². The van der Waals surface area contributed by atoms with E-state index in [2.05, 4.69) is 0 Å². The first-order chi connectivity index (χ1) is 15.6. The molecule has 0 bridgehead atoms. The molecule has 0 amide bonds. The minimum Gasteiger partial charge on any atom is -0.356 e. The molecule has 216 valence electrons. The second-order valence-electron chi connectivity index (χ2n) is 2.01. The van der Waals surface area contributed by atoms with Gasteiger partial charge in [-0.3, -0.25) is 0 Å². The van der Waals surface area contributed by atoms with Crippen LogP contribution in [0.5, 0.6) is 0 Å². The van der Waals surface area contributed by atoms with Crippen molar-refractivity contribution in [2.24, 2.45) is 0 Å². The van der Waals surface area contributed by atoms with Gasteiger partial charge >= 0.3 is 33.3 Å². The van der Waals surface area contributed by atoms with Crippen LogP contribution in [0.25, 0.3) is 0 Å². The Kier molecular flexibility index (Phi) is 116. The van der Waals surface area contributed by atoms with Gasteiger partial charge in [-0.25, -0.2) is 0 Å². The Morgan fingerprint density at radius 1 is 0.211 bits per heavy atom. The number of hydrogen-bond donors (Lipinski definition) is 0. The molecule has 0 unspecified atom stereocenters. The van der Waals surface area contributed by atoms with Crippen LogP contribution in [0.3, 0.4) is 0 Å². The maximum absolute atomic E-state index is 8.25. The van der Waals surface area contributed by atoms with Crippen LogP contribution in [-0.2, 0) is 22.4 Å². The molecular weight excluding hydrogens is 767 g/mol. The zero-order chi connectivity index (χ0) is 32.2. The van der Waals surface area contributed by atoms with Gasteiger partial charge in [-0.2, -0.15) is 0 Å². The Balaban J connectivity index is -0.0000000238. The Bertz CT molecular complexity index is 421. The molecule has 0 aliphatic heterocycles. The van der Waals surface area contributed by atoms with Gasteiger partial charge in [0.05, 0.1) is 45.8 Å². The second kappa shape index (κ2) is 63.2. The quantitative estimate of drug-likeness (QED) is 0.139. The fourth-order valence-electron chi connectivity index (χ4n) is 0. The standard InChI is InChI=1S/9NO3.Si.Ta/c9*2-1(3)4;;/q9*-1;+4;+5. The van der Waals surface area contributed by atoms with Crippen LogP contribution in [0.1, 0.15) is 0 Å². The van der Waals surface area contributed by atoms with E-state index in [9.17, 15) is 0 Å². The second-order valence-corrected chi connectivity index (χ2v) is 2.01. The minimum absolute atomic E-state index is 0. The third-order valence-corrected chi connectivity index (χ3v) is 0. The molecule has 0 atom stereocenters. The topological polar surface area (TPSA) is 596 Å². The zero-order valence-corrected chi connectivity index (χ0v) is 20.2. The fourth-order valence-corrected chi connectivity index (χ4v) is 0. The van der Waals surface area contributed by atoms with Crippen molar-refractivity contribution in [3.8, 4) is 0 Å². The van der Waals surface area contributed by atoms with Gasteiger partial charge in [0.25, 0.3) is 0 Å². The summed E-state index contributed by atoms with van der Waals surface area (Å²) in [6.07, 6.45) is 0. The number of rotatable bonds is 0. The molecule has 0 aromatic heterocycles. The molecular formula is N9O27SiTa. The predicted octanol–water partition coefficient (Wildman–Crippen LogP) is -2.54. The van der Waals surface area contributed by atoms with Gasteiger partial charge in [0.15, 0.2) is 0 Å². The van der Waals surface area contributed by atoms with Gasteiger partial charge in [0.2, 0.25) is 0 Å². The van der Waals surface area contributed by atoms with E-state index >= 15 is 0 Å². The third kappa shape index (κ3) is 631. The summed E-state index contributed by atoms with van der Waals surface area (Å²) >= 11 is 0. The summed E-state index contributed by atoms with van der Waals surface area (Å²) in [6, 6.07) is 0. The smallest absolute Gasteiger partial charge is 0.356 e. The Hall–Kier alpha value is -6.24. The maximum atomic E-state index is 8.25. The van der Waals surface area contributed by atoms with Crippen molar-refractivity contribution in [3.63, 3.8) is 0 Å². The van der Waals surface area contributed by atoms with Crippen molar-refractivity contribution in [1.82, 2.24) is 0 Å². The summed E-state index contributed by atoms with van der Waals surface area (Å²) in [5.41, 5.74) is 0. The summed E-state index contributed by atoms with van der Waals surface area (Å²) in [6.45, 7) is 0. The molecule has 0 saturated heterocycles. The van der Waals surface area contributed by atoms with Gasteiger partial charge in [-0.1, -0.05) is 0 Å². The summed E-state index contributed by atoms with van der Waals surface area (Å²) in [4.78, 5) is 74.2. The van der Waals surface area contributed by atoms with Gasteiger partial charge in [-0.05, 0) is 0 Å². The van der Waals surface area contributed by atoms with Crippen LogP contribution in [0.15, 0.2) is 0 Å². The monoisotopic (exact) mass is 767 g/mol. The van der Waals surface area contributed by atoms with E-state index in [0.717, 1.165) is 0 Å². The summed E-state index contributed by atoms with van der Waals surface area (Å²) < 4.78 is 0. The van der Waals surface area contributed by atoms with Crippen molar-refractivity contribution in [1.29, 1.82) is 0 Å². The molecule has 0 saturated carbocycles. The predicted molar refractivity (Wildman–Crippen MR) is 99.0 cm³/mol. The molecule has 0 aromatic rings. The van der Waals surface area contributed by atoms with Crippen molar-refractivity contribution in [3.05, 3.63) is 138 Å². The van der Waals surface area contributed by atoms with Crippen molar-refractivity contribution < 1.29 is 68.2 Å². The largest absolute Gasteiger partial charge is 5.00 e.